The highest BCUT2D eigenvalue weighted by atomic mass is 32.2. The zero-order valence-corrected chi connectivity index (χ0v) is 13.4. The summed E-state index contributed by atoms with van der Waals surface area (Å²) in [6.45, 7) is 1.90. The SMILES string of the molecule is COC(=O)CCN(C)S(=O)(=O)NCCOCCN(C)C. The standard InChI is InChI=1S/C11H25N3O5S/c1-13(2)8-10-19-9-6-12-20(16,17)14(3)7-5-11(15)18-4/h12H,5-10H2,1-4H3. The van der Waals surface area contributed by atoms with Gasteiger partial charge in [-0.05, 0) is 14.1 Å². The molecule has 0 aliphatic carbocycles. The van der Waals surface area contributed by atoms with E-state index in [4.69, 9.17) is 4.74 Å². The van der Waals surface area contributed by atoms with Gasteiger partial charge in [0.1, 0.15) is 0 Å². The second kappa shape index (κ2) is 10.1. The van der Waals surface area contributed by atoms with Gasteiger partial charge in [-0.3, -0.25) is 4.79 Å². The van der Waals surface area contributed by atoms with Crippen LogP contribution in [0.3, 0.4) is 0 Å². The summed E-state index contributed by atoms with van der Waals surface area (Å²) in [4.78, 5) is 12.9. The van der Waals surface area contributed by atoms with E-state index >= 15 is 0 Å². The van der Waals surface area contributed by atoms with Crippen LogP contribution in [-0.4, -0.2) is 84.7 Å². The Bertz CT molecular complexity index is 372. The van der Waals surface area contributed by atoms with Crippen LogP contribution in [0.5, 0.6) is 0 Å². The third-order valence-electron chi connectivity index (χ3n) is 2.48. The second-order valence-electron chi connectivity index (χ2n) is 4.46. The number of hydrogen-bond donors (Lipinski definition) is 1. The molecule has 0 atom stereocenters. The highest BCUT2D eigenvalue weighted by Gasteiger charge is 2.17. The summed E-state index contributed by atoms with van der Waals surface area (Å²) >= 11 is 0. The fraction of sp³-hybridized carbons (Fsp3) is 0.909. The summed E-state index contributed by atoms with van der Waals surface area (Å²) < 4.78 is 36.7. The first kappa shape index (κ1) is 19.3. The number of hydrogen-bond acceptors (Lipinski definition) is 6. The lowest BCUT2D eigenvalue weighted by Gasteiger charge is -2.17. The number of esters is 1. The molecule has 0 spiro atoms. The molecule has 0 unspecified atom stereocenters. The van der Waals surface area contributed by atoms with Crippen molar-refractivity contribution in [3.63, 3.8) is 0 Å². The maximum atomic E-state index is 11.8. The van der Waals surface area contributed by atoms with E-state index in [2.05, 4.69) is 9.46 Å². The van der Waals surface area contributed by atoms with Crippen molar-refractivity contribution in [2.24, 2.45) is 0 Å². The molecule has 0 heterocycles. The maximum Gasteiger partial charge on any atom is 0.306 e. The maximum absolute atomic E-state index is 11.8. The average molecular weight is 311 g/mol. The molecule has 0 radical (unpaired) electrons. The van der Waals surface area contributed by atoms with Crippen LogP contribution in [0.25, 0.3) is 0 Å². The monoisotopic (exact) mass is 311 g/mol. The molecule has 20 heavy (non-hydrogen) atoms. The number of nitrogens with zero attached hydrogens (tertiary/aromatic N) is 2. The molecule has 0 saturated heterocycles. The summed E-state index contributed by atoms with van der Waals surface area (Å²) in [5, 5.41) is 0. The van der Waals surface area contributed by atoms with E-state index in [-0.39, 0.29) is 19.5 Å². The van der Waals surface area contributed by atoms with Gasteiger partial charge >= 0.3 is 5.97 Å². The van der Waals surface area contributed by atoms with E-state index in [1.165, 1.54) is 14.2 Å². The lowest BCUT2D eigenvalue weighted by Crippen LogP contribution is -2.40. The first-order valence-electron chi connectivity index (χ1n) is 6.30. The number of ether oxygens (including phenoxy) is 2. The topological polar surface area (TPSA) is 88.2 Å². The van der Waals surface area contributed by atoms with Crippen LogP contribution in [0.15, 0.2) is 0 Å². The van der Waals surface area contributed by atoms with Crippen LogP contribution in [-0.2, 0) is 24.5 Å². The number of rotatable bonds is 11. The molecule has 0 fully saturated rings. The van der Waals surface area contributed by atoms with Gasteiger partial charge in [0.25, 0.3) is 10.2 Å². The van der Waals surface area contributed by atoms with Gasteiger partial charge < -0.3 is 14.4 Å². The third-order valence-corrected chi connectivity index (χ3v) is 4.05. The van der Waals surface area contributed by atoms with Crippen molar-refractivity contribution < 1.29 is 22.7 Å². The first-order valence-corrected chi connectivity index (χ1v) is 7.74. The summed E-state index contributed by atoms with van der Waals surface area (Å²) in [5.41, 5.74) is 0. The fourth-order valence-corrected chi connectivity index (χ4v) is 2.07. The van der Waals surface area contributed by atoms with E-state index in [1.807, 2.05) is 19.0 Å². The van der Waals surface area contributed by atoms with Crippen LogP contribution < -0.4 is 4.72 Å². The van der Waals surface area contributed by atoms with Crippen LogP contribution in [0.1, 0.15) is 6.42 Å². The van der Waals surface area contributed by atoms with Gasteiger partial charge in [0.15, 0.2) is 0 Å². The lowest BCUT2D eigenvalue weighted by molar-refractivity contribution is -0.140. The van der Waals surface area contributed by atoms with Crippen molar-refractivity contribution >= 4 is 16.2 Å². The Morgan fingerprint density at radius 1 is 1.15 bits per heavy atom. The number of carbonyl (C=O) groups excluding carboxylic acids is 1. The van der Waals surface area contributed by atoms with E-state index in [0.717, 1.165) is 10.8 Å². The van der Waals surface area contributed by atoms with Crippen LogP contribution >= 0.6 is 0 Å². The molecule has 120 valence electrons. The van der Waals surface area contributed by atoms with Crippen molar-refractivity contribution in [1.82, 2.24) is 13.9 Å². The van der Waals surface area contributed by atoms with Gasteiger partial charge in [-0.1, -0.05) is 0 Å². The summed E-state index contributed by atoms with van der Waals surface area (Å²) in [6, 6.07) is 0. The molecule has 9 heteroatoms. The second-order valence-corrected chi connectivity index (χ2v) is 6.32. The summed E-state index contributed by atoms with van der Waals surface area (Å²) in [5.74, 6) is -0.445. The molecule has 0 rings (SSSR count). The molecule has 0 aliphatic rings. The van der Waals surface area contributed by atoms with Gasteiger partial charge in [0.05, 0.1) is 26.7 Å². The average Bonchev–Trinajstić information content (AvgIpc) is 2.38. The molecule has 0 aromatic carbocycles. The third kappa shape index (κ3) is 9.21. The Kier molecular flexibility index (Phi) is 9.68. The van der Waals surface area contributed by atoms with Crippen LogP contribution in [0, 0.1) is 0 Å². The predicted molar refractivity (Wildman–Crippen MR) is 75.6 cm³/mol. The van der Waals surface area contributed by atoms with E-state index in [0.29, 0.717) is 13.2 Å². The predicted octanol–water partition coefficient (Wildman–Crippen LogP) is -1.11. The minimum absolute atomic E-state index is 0.0211. The highest BCUT2D eigenvalue weighted by molar-refractivity contribution is 7.87. The van der Waals surface area contributed by atoms with Crippen LogP contribution in [0.4, 0.5) is 0 Å². The number of nitrogens with one attached hydrogen (secondary N) is 1. The van der Waals surface area contributed by atoms with Crippen molar-refractivity contribution in [2.75, 3.05) is 61.1 Å². The molecular weight excluding hydrogens is 286 g/mol. The molecule has 0 amide bonds. The lowest BCUT2D eigenvalue weighted by atomic mass is 10.4. The quantitative estimate of drug-likeness (QED) is 0.385. The Morgan fingerprint density at radius 2 is 1.80 bits per heavy atom. The Morgan fingerprint density at radius 3 is 2.35 bits per heavy atom. The normalized spacial score (nSPS) is 12.1. The van der Waals surface area contributed by atoms with Crippen molar-refractivity contribution in [3.05, 3.63) is 0 Å². The van der Waals surface area contributed by atoms with Gasteiger partial charge in [0, 0.05) is 26.7 Å². The van der Waals surface area contributed by atoms with E-state index in [9.17, 15) is 13.2 Å². The van der Waals surface area contributed by atoms with E-state index in [1.54, 1.807) is 0 Å². The molecule has 1 N–H and O–H groups in total. The van der Waals surface area contributed by atoms with Gasteiger partial charge in [-0.25, -0.2) is 0 Å². The van der Waals surface area contributed by atoms with E-state index < -0.39 is 16.2 Å². The van der Waals surface area contributed by atoms with Gasteiger partial charge in [-0.15, -0.1) is 0 Å². The van der Waals surface area contributed by atoms with Crippen molar-refractivity contribution in [2.45, 2.75) is 6.42 Å². The molecule has 0 aliphatic heterocycles. The van der Waals surface area contributed by atoms with Crippen molar-refractivity contribution in [1.29, 1.82) is 0 Å². The number of methoxy groups -OCH3 is 1. The Labute approximate surface area is 121 Å². The number of carbonyl (C=O) groups is 1. The molecule has 0 aromatic rings. The largest absolute Gasteiger partial charge is 0.469 e. The molecule has 0 bridgehead atoms. The Balaban J connectivity index is 3.85. The number of likely N-dealkylation sites (N-methyl/N-ethyl adjacent to an activating group) is 1. The smallest absolute Gasteiger partial charge is 0.306 e. The molecule has 0 aromatic heterocycles. The molecule has 0 saturated carbocycles. The highest BCUT2D eigenvalue weighted by Crippen LogP contribution is 1.96. The van der Waals surface area contributed by atoms with Gasteiger partial charge in [0.2, 0.25) is 0 Å². The summed E-state index contributed by atoms with van der Waals surface area (Å²) in [6.07, 6.45) is 0.0211. The minimum Gasteiger partial charge on any atom is -0.469 e. The summed E-state index contributed by atoms with van der Waals surface area (Å²) in [7, 11) is 2.95. The first-order chi connectivity index (χ1) is 9.29. The zero-order chi connectivity index (χ0) is 15.6. The van der Waals surface area contributed by atoms with Crippen LogP contribution in [0.2, 0.25) is 0 Å². The minimum atomic E-state index is -3.58. The van der Waals surface area contributed by atoms with Crippen molar-refractivity contribution in [3.8, 4) is 0 Å². The molecular formula is C11H25N3O5S. The fourth-order valence-electron chi connectivity index (χ4n) is 1.17. The Hall–Kier alpha value is -0.740. The zero-order valence-electron chi connectivity index (χ0n) is 12.6. The molecule has 8 nitrogen and oxygen atoms in total. The van der Waals surface area contributed by atoms with Gasteiger partial charge in [-0.2, -0.15) is 17.4 Å².